The number of hydrogen-bond donors (Lipinski definition) is 2. The molecule has 1 amide bonds. The Labute approximate surface area is 157 Å². The largest absolute Gasteiger partial charge is 0.378 e. The van der Waals surface area contributed by atoms with Crippen LogP contribution in [-0.2, 0) is 0 Å². The van der Waals surface area contributed by atoms with Gasteiger partial charge in [0.2, 0.25) is 0 Å². The lowest BCUT2D eigenvalue weighted by molar-refractivity contribution is 0.102. The number of rotatable bonds is 5. The molecule has 132 valence electrons. The molecule has 1 heterocycles. The molecule has 5 nitrogen and oxygen atoms in total. The molecule has 0 fully saturated rings. The predicted molar refractivity (Wildman–Crippen MR) is 108 cm³/mol. The fourth-order valence-corrected chi connectivity index (χ4v) is 2.55. The number of anilines is 4. The maximum atomic E-state index is 12.3. The molecule has 2 N–H and O–H groups in total. The van der Waals surface area contributed by atoms with Gasteiger partial charge in [-0.1, -0.05) is 17.7 Å². The van der Waals surface area contributed by atoms with Crippen LogP contribution in [0.3, 0.4) is 0 Å². The molecule has 0 aliphatic rings. The SMILES string of the molecule is CN(C)c1ccc(Nc2ccc(C(=O)Nc3cccc(Cl)c3)cn2)cc1. The maximum absolute atomic E-state index is 12.3. The Hall–Kier alpha value is -3.05. The van der Waals surface area contributed by atoms with E-state index in [0.717, 1.165) is 11.4 Å². The molecule has 6 heteroatoms. The Morgan fingerprint density at radius 1 is 1.00 bits per heavy atom. The van der Waals surface area contributed by atoms with E-state index in [4.69, 9.17) is 11.6 Å². The summed E-state index contributed by atoms with van der Waals surface area (Å²) in [5.41, 5.74) is 3.17. The first-order valence-electron chi connectivity index (χ1n) is 8.09. The number of carbonyl (C=O) groups excluding carboxylic acids is 1. The third-order valence-electron chi connectivity index (χ3n) is 3.76. The molecule has 0 bridgehead atoms. The van der Waals surface area contributed by atoms with Crippen molar-refractivity contribution in [2.24, 2.45) is 0 Å². The van der Waals surface area contributed by atoms with Crippen LogP contribution in [0.4, 0.5) is 22.9 Å². The van der Waals surface area contributed by atoms with Crippen LogP contribution in [0.2, 0.25) is 5.02 Å². The van der Waals surface area contributed by atoms with Crippen molar-refractivity contribution in [3.63, 3.8) is 0 Å². The number of halogens is 1. The molecule has 3 rings (SSSR count). The smallest absolute Gasteiger partial charge is 0.257 e. The van der Waals surface area contributed by atoms with Gasteiger partial charge in [0.05, 0.1) is 5.56 Å². The average Bonchev–Trinajstić information content (AvgIpc) is 2.63. The second kappa shape index (κ2) is 7.89. The Kier molecular flexibility index (Phi) is 5.39. The van der Waals surface area contributed by atoms with Gasteiger partial charge in [-0.15, -0.1) is 0 Å². The van der Waals surface area contributed by atoms with Gasteiger partial charge in [-0.2, -0.15) is 0 Å². The van der Waals surface area contributed by atoms with Crippen LogP contribution in [0.25, 0.3) is 0 Å². The summed E-state index contributed by atoms with van der Waals surface area (Å²) in [5.74, 6) is 0.434. The van der Waals surface area contributed by atoms with E-state index in [1.807, 2.05) is 43.3 Å². The standard InChI is InChI=1S/C20H19ClN4O/c1-25(2)18-9-7-16(8-10-18)23-19-11-6-14(13-22-19)20(26)24-17-5-3-4-15(21)12-17/h3-13H,1-2H3,(H,22,23)(H,24,26). The van der Waals surface area contributed by atoms with Crippen LogP contribution in [0.1, 0.15) is 10.4 Å². The van der Waals surface area contributed by atoms with Crippen molar-refractivity contribution in [1.29, 1.82) is 0 Å². The van der Waals surface area contributed by atoms with Crippen molar-refractivity contribution < 1.29 is 4.79 Å². The normalized spacial score (nSPS) is 10.3. The minimum Gasteiger partial charge on any atom is -0.378 e. The number of hydrogen-bond acceptors (Lipinski definition) is 4. The van der Waals surface area contributed by atoms with Crippen LogP contribution in [0, 0.1) is 0 Å². The van der Waals surface area contributed by atoms with Gasteiger partial charge in [0, 0.05) is 42.4 Å². The zero-order valence-corrected chi connectivity index (χ0v) is 15.3. The number of nitrogens with one attached hydrogen (secondary N) is 2. The number of carbonyl (C=O) groups is 1. The molecule has 1 aromatic heterocycles. The third kappa shape index (κ3) is 4.52. The van der Waals surface area contributed by atoms with E-state index in [1.54, 1.807) is 36.4 Å². The van der Waals surface area contributed by atoms with E-state index >= 15 is 0 Å². The maximum Gasteiger partial charge on any atom is 0.257 e. The summed E-state index contributed by atoms with van der Waals surface area (Å²) < 4.78 is 0. The molecule has 26 heavy (non-hydrogen) atoms. The number of benzene rings is 2. The van der Waals surface area contributed by atoms with Crippen molar-refractivity contribution in [3.8, 4) is 0 Å². The Bertz CT molecular complexity index is 892. The van der Waals surface area contributed by atoms with Crippen LogP contribution in [-0.4, -0.2) is 25.0 Å². The van der Waals surface area contributed by atoms with E-state index in [9.17, 15) is 4.79 Å². The predicted octanol–water partition coefficient (Wildman–Crippen LogP) is 4.80. The zero-order valence-electron chi connectivity index (χ0n) is 14.5. The van der Waals surface area contributed by atoms with Gasteiger partial charge in [0.25, 0.3) is 5.91 Å². The van der Waals surface area contributed by atoms with Crippen molar-refractivity contribution in [2.75, 3.05) is 29.6 Å². The topological polar surface area (TPSA) is 57.3 Å². The number of pyridine rings is 1. The molecule has 0 atom stereocenters. The molecule has 3 aromatic rings. The molecule has 2 aromatic carbocycles. The highest BCUT2D eigenvalue weighted by atomic mass is 35.5. The monoisotopic (exact) mass is 366 g/mol. The molecule has 0 aliphatic heterocycles. The van der Waals surface area contributed by atoms with Crippen molar-refractivity contribution in [3.05, 3.63) is 77.4 Å². The lowest BCUT2D eigenvalue weighted by Gasteiger charge is -2.13. The van der Waals surface area contributed by atoms with Gasteiger partial charge in [-0.05, 0) is 54.6 Å². The highest BCUT2D eigenvalue weighted by Gasteiger charge is 2.07. The minimum atomic E-state index is -0.235. The van der Waals surface area contributed by atoms with Crippen LogP contribution in [0.5, 0.6) is 0 Å². The highest BCUT2D eigenvalue weighted by molar-refractivity contribution is 6.30. The Morgan fingerprint density at radius 2 is 1.77 bits per heavy atom. The van der Waals surface area contributed by atoms with Crippen molar-refractivity contribution in [1.82, 2.24) is 4.98 Å². The molecule has 0 radical (unpaired) electrons. The van der Waals surface area contributed by atoms with E-state index in [-0.39, 0.29) is 5.91 Å². The fourth-order valence-electron chi connectivity index (χ4n) is 2.36. The summed E-state index contributed by atoms with van der Waals surface area (Å²) in [6.45, 7) is 0. The summed E-state index contributed by atoms with van der Waals surface area (Å²) in [4.78, 5) is 18.6. The zero-order chi connectivity index (χ0) is 18.5. The van der Waals surface area contributed by atoms with E-state index in [2.05, 4.69) is 15.6 Å². The highest BCUT2D eigenvalue weighted by Crippen LogP contribution is 2.20. The minimum absolute atomic E-state index is 0.235. The molecule has 0 unspecified atom stereocenters. The first-order chi connectivity index (χ1) is 12.5. The summed E-state index contributed by atoms with van der Waals surface area (Å²) in [7, 11) is 3.99. The summed E-state index contributed by atoms with van der Waals surface area (Å²) in [6, 6.07) is 18.5. The van der Waals surface area contributed by atoms with Crippen LogP contribution in [0.15, 0.2) is 66.9 Å². The van der Waals surface area contributed by atoms with Gasteiger partial charge >= 0.3 is 0 Å². The first-order valence-corrected chi connectivity index (χ1v) is 8.46. The quantitative estimate of drug-likeness (QED) is 0.681. The number of aromatic nitrogens is 1. The summed E-state index contributed by atoms with van der Waals surface area (Å²) in [6.07, 6.45) is 1.54. The van der Waals surface area contributed by atoms with E-state index in [0.29, 0.717) is 22.1 Å². The molecular weight excluding hydrogens is 348 g/mol. The van der Waals surface area contributed by atoms with Crippen molar-refractivity contribution in [2.45, 2.75) is 0 Å². The Morgan fingerprint density at radius 3 is 2.38 bits per heavy atom. The molecular formula is C20H19ClN4O. The third-order valence-corrected chi connectivity index (χ3v) is 4.00. The molecule has 0 saturated carbocycles. The van der Waals surface area contributed by atoms with E-state index < -0.39 is 0 Å². The summed E-state index contributed by atoms with van der Waals surface area (Å²) >= 11 is 5.92. The van der Waals surface area contributed by atoms with Gasteiger partial charge in [0.1, 0.15) is 5.82 Å². The average molecular weight is 367 g/mol. The van der Waals surface area contributed by atoms with Crippen LogP contribution < -0.4 is 15.5 Å². The fraction of sp³-hybridized carbons (Fsp3) is 0.100. The number of nitrogens with zero attached hydrogens (tertiary/aromatic N) is 2. The van der Waals surface area contributed by atoms with Crippen molar-refractivity contribution >= 4 is 40.4 Å². The van der Waals surface area contributed by atoms with Crippen LogP contribution >= 0.6 is 11.6 Å². The summed E-state index contributed by atoms with van der Waals surface area (Å²) in [5, 5.41) is 6.58. The van der Waals surface area contributed by atoms with Gasteiger partial charge < -0.3 is 15.5 Å². The lowest BCUT2D eigenvalue weighted by Crippen LogP contribution is -2.12. The second-order valence-electron chi connectivity index (χ2n) is 5.96. The van der Waals surface area contributed by atoms with Gasteiger partial charge in [-0.25, -0.2) is 4.98 Å². The molecule has 0 saturated heterocycles. The molecule has 0 aliphatic carbocycles. The first kappa shape index (κ1) is 17.8. The lowest BCUT2D eigenvalue weighted by atomic mass is 10.2. The van der Waals surface area contributed by atoms with E-state index in [1.165, 1.54) is 6.20 Å². The Balaban J connectivity index is 1.65. The second-order valence-corrected chi connectivity index (χ2v) is 6.40. The molecule has 0 spiro atoms. The van der Waals surface area contributed by atoms with Gasteiger partial charge in [-0.3, -0.25) is 4.79 Å². The van der Waals surface area contributed by atoms with Gasteiger partial charge in [0.15, 0.2) is 0 Å². The number of amides is 1.